The van der Waals surface area contributed by atoms with Gasteiger partial charge in [-0.2, -0.15) is 4.37 Å². The van der Waals surface area contributed by atoms with Crippen LogP contribution in [0.4, 0.5) is 5.13 Å². The summed E-state index contributed by atoms with van der Waals surface area (Å²) < 4.78 is 27.0. The second-order valence-electron chi connectivity index (χ2n) is 5.80. The molecule has 2 heterocycles. The van der Waals surface area contributed by atoms with Gasteiger partial charge in [0.2, 0.25) is 5.13 Å². The molecule has 0 aliphatic carbocycles. The molecule has 0 fully saturated rings. The van der Waals surface area contributed by atoms with Crippen LogP contribution >= 0.6 is 11.5 Å². The average Bonchev–Trinajstić information content (AvgIpc) is 2.84. The maximum atomic E-state index is 11.3. The van der Waals surface area contributed by atoms with Crippen molar-refractivity contribution in [2.24, 2.45) is 0 Å². The molecule has 2 aromatic rings. The predicted molar refractivity (Wildman–Crippen MR) is 83.3 cm³/mol. The SMILES string of the molecule is CC(C)(C)c1nsc(NCc2ccc(S(C)(=O)=O)nc2)n1. The summed E-state index contributed by atoms with van der Waals surface area (Å²) >= 11 is 1.31. The molecule has 0 bridgehead atoms. The Bertz CT molecular complexity index is 715. The molecule has 8 heteroatoms. The first kappa shape index (κ1) is 15.8. The highest BCUT2D eigenvalue weighted by molar-refractivity contribution is 7.90. The van der Waals surface area contributed by atoms with Gasteiger partial charge in [-0.1, -0.05) is 26.8 Å². The van der Waals surface area contributed by atoms with E-state index in [9.17, 15) is 8.42 Å². The summed E-state index contributed by atoms with van der Waals surface area (Å²) in [4.78, 5) is 8.38. The zero-order valence-electron chi connectivity index (χ0n) is 12.4. The van der Waals surface area contributed by atoms with Crippen molar-refractivity contribution in [1.82, 2.24) is 14.3 Å². The Balaban J connectivity index is 2.02. The number of rotatable bonds is 4. The second kappa shape index (κ2) is 5.69. The van der Waals surface area contributed by atoms with E-state index in [2.05, 4.69) is 40.4 Å². The van der Waals surface area contributed by atoms with Gasteiger partial charge in [0.05, 0.1) is 0 Å². The van der Waals surface area contributed by atoms with Crippen LogP contribution in [0.25, 0.3) is 0 Å². The lowest BCUT2D eigenvalue weighted by molar-refractivity contribution is 0.555. The highest BCUT2D eigenvalue weighted by Gasteiger charge is 2.19. The molecule has 0 aliphatic heterocycles. The molecule has 0 spiro atoms. The minimum absolute atomic E-state index is 0.0743. The van der Waals surface area contributed by atoms with Crippen LogP contribution in [0.5, 0.6) is 0 Å². The molecule has 0 aliphatic rings. The molecular weight excluding hydrogens is 308 g/mol. The van der Waals surface area contributed by atoms with Crippen molar-refractivity contribution in [2.45, 2.75) is 37.8 Å². The zero-order chi connectivity index (χ0) is 15.7. The lowest BCUT2D eigenvalue weighted by atomic mass is 9.96. The Kier molecular flexibility index (Phi) is 4.29. The van der Waals surface area contributed by atoms with Crippen molar-refractivity contribution < 1.29 is 8.42 Å². The normalized spacial score (nSPS) is 12.4. The lowest BCUT2D eigenvalue weighted by Gasteiger charge is -2.12. The summed E-state index contributed by atoms with van der Waals surface area (Å²) in [6, 6.07) is 3.25. The van der Waals surface area contributed by atoms with Crippen LogP contribution in [-0.4, -0.2) is 29.0 Å². The molecule has 6 nitrogen and oxygen atoms in total. The molecule has 0 amide bonds. The number of anilines is 1. The first-order valence-electron chi connectivity index (χ1n) is 6.39. The third kappa shape index (κ3) is 4.21. The highest BCUT2D eigenvalue weighted by Crippen LogP contribution is 2.23. The minimum Gasteiger partial charge on any atom is -0.356 e. The molecule has 0 saturated heterocycles. The van der Waals surface area contributed by atoms with Gasteiger partial charge in [0, 0.05) is 35.9 Å². The molecule has 0 aromatic carbocycles. The standard InChI is InChI=1S/C13H18N4O2S2/c1-13(2,3)11-16-12(20-17-11)15-8-9-5-6-10(14-7-9)21(4,18)19/h5-7H,8H2,1-4H3,(H,15,16,17). The van der Waals surface area contributed by atoms with E-state index in [1.165, 1.54) is 17.6 Å². The molecule has 0 radical (unpaired) electrons. The predicted octanol–water partition coefficient (Wildman–Crippen LogP) is 2.25. The molecular formula is C13H18N4O2S2. The van der Waals surface area contributed by atoms with Crippen molar-refractivity contribution in [1.29, 1.82) is 0 Å². The van der Waals surface area contributed by atoms with Gasteiger partial charge >= 0.3 is 0 Å². The largest absolute Gasteiger partial charge is 0.356 e. The van der Waals surface area contributed by atoms with Crippen LogP contribution < -0.4 is 5.32 Å². The van der Waals surface area contributed by atoms with E-state index in [1.54, 1.807) is 12.3 Å². The Labute approximate surface area is 128 Å². The third-order valence-corrected chi connectivity index (χ3v) is 4.39. The fourth-order valence-electron chi connectivity index (χ4n) is 1.51. The Morgan fingerprint density at radius 2 is 2.00 bits per heavy atom. The van der Waals surface area contributed by atoms with Crippen LogP contribution in [0.1, 0.15) is 32.2 Å². The van der Waals surface area contributed by atoms with Crippen LogP contribution in [0.2, 0.25) is 0 Å². The molecule has 21 heavy (non-hydrogen) atoms. The van der Waals surface area contributed by atoms with Gasteiger partial charge in [0.15, 0.2) is 14.9 Å². The fourth-order valence-corrected chi connectivity index (χ4v) is 2.82. The van der Waals surface area contributed by atoms with E-state index in [4.69, 9.17) is 0 Å². The molecule has 2 aromatic heterocycles. The quantitative estimate of drug-likeness (QED) is 0.927. The summed E-state index contributed by atoms with van der Waals surface area (Å²) in [6.45, 7) is 6.71. The van der Waals surface area contributed by atoms with Crippen LogP contribution in [-0.2, 0) is 21.8 Å². The molecule has 0 atom stereocenters. The molecule has 114 valence electrons. The monoisotopic (exact) mass is 326 g/mol. The smallest absolute Gasteiger partial charge is 0.202 e. The topological polar surface area (TPSA) is 84.8 Å². The van der Waals surface area contributed by atoms with E-state index in [0.29, 0.717) is 6.54 Å². The number of sulfone groups is 1. The molecule has 1 N–H and O–H groups in total. The fraction of sp³-hybridized carbons (Fsp3) is 0.462. The van der Waals surface area contributed by atoms with Gasteiger partial charge in [-0.15, -0.1) is 0 Å². The average molecular weight is 326 g/mol. The third-order valence-electron chi connectivity index (χ3n) is 2.72. The van der Waals surface area contributed by atoms with E-state index in [0.717, 1.165) is 22.8 Å². The number of hydrogen-bond acceptors (Lipinski definition) is 7. The Hall–Kier alpha value is -1.54. The summed E-state index contributed by atoms with van der Waals surface area (Å²) in [7, 11) is -3.25. The number of nitrogens with one attached hydrogen (secondary N) is 1. The first-order chi connectivity index (χ1) is 9.66. The maximum Gasteiger partial charge on any atom is 0.202 e. The van der Waals surface area contributed by atoms with E-state index in [-0.39, 0.29) is 10.4 Å². The first-order valence-corrected chi connectivity index (χ1v) is 9.06. The van der Waals surface area contributed by atoms with Crippen LogP contribution in [0.15, 0.2) is 23.4 Å². The van der Waals surface area contributed by atoms with E-state index >= 15 is 0 Å². The molecule has 0 unspecified atom stereocenters. The summed E-state index contributed by atoms with van der Waals surface area (Å²) in [5.41, 5.74) is 0.810. The van der Waals surface area contributed by atoms with Crippen molar-refractivity contribution >= 4 is 26.5 Å². The summed E-state index contributed by atoms with van der Waals surface area (Å²) in [6.07, 6.45) is 2.69. The van der Waals surface area contributed by atoms with Gasteiger partial charge in [0.25, 0.3) is 0 Å². The van der Waals surface area contributed by atoms with Crippen LogP contribution in [0, 0.1) is 0 Å². The van der Waals surface area contributed by atoms with Gasteiger partial charge in [-0.05, 0) is 11.6 Å². The van der Waals surface area contributed by atoms with Crippen molar-refractivity contribution in [3.8, 4) is 0 Å². The van der Waals surface area contributed by atoms with Gasteiger partial charge < -0.3 is 5.32 Å². The van der Waals surface area contributed by atoms with E-state index in [1.807, 2.05) is 0 Å². The van der Waals surface area contributed by atoms with Crippen LogP contribution in [0.3, 0.4) is 0 Å². The molecule has 2 rings (SSSR count). The Morgan fingerprint density at radius 3 is 2.48 bits per heavy atom. The van der Waals surface area contributed by atoms with Crippen molar-refractivity contribution in [2.75, 3.05) is 11.6 Å². The Morgan fingerprint density at radius 1 is 1.29 bits per heavy atom. The van der Waals surface area contributed by atoms with Crippen molar-refractivity contribution in [3.63, 3.8) is 0 Å². The maximum absolute atomic E-state index is 11.3. The number of aromatic nitrogens is 3. The highest BCUT2D eigenvalue weighted by atomic mass is 32.2. The summed E-state index contributed by atoms with van der Waals surface area (Å²) in [5.74, 6) is 0.806. The minimum atomic E-state index is -3.25. The van der Waals surface area contributed by atoms with Gasteiger partial charge in [-0.3, -0.25) is 0 Å². The lowest BCUT2D eigenvalue weighted by Crippen LogP contribution is -2.13. The number of pyridine rings is 1. The van der Waals surface area contributed by atoms with Crippen molar-refractivity contribution in [3.05, 3.63) is 29.7 Å². The zero-order valence-corrected chi connectivity index (χ0v) is 14.0. The second-order valence-corrected chi connectivity index (χ2v) is 8.52. The number of hydrogen-bond donors (Lipinski definition) is 1. The van der Waals surface area contributed by atoms with E-state index < -0.39 is 9.84 Å². The van der Waals surface area contributed by atoms with Gasteiger partial charge in [-0.25, -0.2) is 18.4 Å². The van der Waals surface area contributed by atoms with Gasteiger partial charge in [0.1, 0.15) is 5.82 Å². The summed E-state index contributed by atoms with van der Waals surface area (Å²) in [5, 5.41) is 3.99. The number of nitrogens with zero attached hydrogens (tertiary/aromatic N) is 3. The molecule has 0 saturated carbocycles.